The van der Waals surface area contributed by atoms with Crippen molar-refractivity contribution in [3.8, 4) is 0 Å². The molecule has 0 spiro atoms. The molecule has 1 heterocycles. The zero-order valence-corrected chi connectivity index (χ0v) is 20.4. The van der Waals surface area contributed by atoms with Gasteiger partial charge in [-0.05, 0) is 72.0 Å². The van der Waals surface area contributed by atoms with Crippen LogP contribution in [0.1, 0.15) is 29.5 Å². The lowest BCUT2D eigenvalue weighted by Gasteiger charge is -2.37. The second-order valence-corrected chi connectivity index (χ2v) is 11.4. The van der Waals surface area contributed by atoms with Gasteiger partial charge in [-0.25, -0.2) is 8.42 Å². The molecule has 31 heavy (non-hydrogen) atoms. The quantitative estimate of drug-likeness (QED) is 0.344. The minimum Gasteiger partial charge on any atom is -0.378 e. The molecular weight excluding hydrogens is 540 g/mol. The Morgan fingerprint density at radius 1 is 0.935 bits per heavy atom. The maximum atomic E-state index is 13.0. The first kappa shape index (κ1) is 20.8. The Morgan fingerprint density at radius 2 is 1.71 bits per heavy atom. The molecule has 0 saturated carbocycles. The number of anilines is 2. The van der Waals surface area contributed by atoms with Crippen LogP contribution in [-0.4, -0.2) is 8.42 Å². The summed E-state index contributed by atoms with van der Waals surface area (Å²) < 4.78 is 30.6. The number of hydrogen-bond donors (Lipinski definition) is 2. The summed E-state index contributed by atoms with van der Waals surface area (Å²) in [6, 6.07) is 21.1. The van der Waals surface area contributed by atoms with Crippen molar-refractivity contribution in [2.75, 3.05) is 10.0 Å². The van der Waals surface area contributed by atoms with E-state index in [0.29, 0.717) is 11.6 Å². The first-order valence-corrected chi connectivity index (χ1v) is 13.1. The van der Waals surface area contributed by atoms with Crippen LogP contribution in [0.2, 0.25) is 0 Å². The molecule has 5 rings (SSSR count). The smallest absolute Gasteiger partial charge is 0.261 e. The van der Waals surface area contributed by atoms with Crippen molar-refractivity contribution in [2.45, 2.75) is 23.3 Å². The number of hydrogen-bond acceptors (Lipinski definition) is 3. The van der Waals surface area contributed by atoms with E-state index in [0.717, 1.165) is 26.6 Å². The van der Waals surface area contributed by atoms with Crippen molar-refractivity contribution in [3.05, 3.63) is 99.0 Å². The van der Waals surface area contributed by atoms with Gasteiger partial charge in [-0.2, -0.15) is 0 Å². The van der Waals surface area contributed by atoms with Crippen LogP contribution in [0, 0.1) is 5.92 Å². The van der Waals surface area contributed by atoms with Gasteiger partial charge >= 0.3 is 0 Å². The van der Waals surface area contributed by atoms with E-state index in [1.165, 1.54) is 5.56 Å². The number of sulfonamides is 1. The molecule has 7 heteroatoms. The molecule has 4 nitrogen and oxygen atoms in total. The van der Waals surface area contributed by atoms with Crippen LogP contribution in [-0.2, 0) is 10.0 Å². The minimum absolute atomic E-state index is 0.173. The highest BCUT2D eigenvalue weighted by molar-refractivity contribution is 9.10. The van der Waals surface area contributed by atoms with Crippen molar-refractivity contribution < 1.29 is 8.42 Å². The highest BCUT2D eigenvalue weighted by atomic mass is 79.9. The largest absolute Gasteiger partial charge is 0.378 e. The van der Waals surface area contributed by atoms with E-state index in [4.69, 9.17) is 0 Å². The van der Waals surface area contributed by atoms with Crippen LogP contribution in [0.25, 0.3) is 0 Å². The Morgan fingerprint density at radius 3 is 2.48 bits per heavy atom. The van der Waals surface area contributed by atoms with Crippen LogP contribution >= 0.6 is 31.9 Å². The summed E-state index contributed by atoms with van der Waals surface area (Å²) >= 11 is 6.96. The molecule has 0 fully saturated rings. The Hall–Kier alpha value is -2.09. The van der Waals surface area contributed by atoms with E-state index in [1.54, 1.807) is 24.3 Å². The number of rotatable bonds is 4. The Kier molecular flexibility index (Phi) is 5.44. The van der Waals surface area contributed by atoms with E-state index in [2.05, 4.69) is 72.2 Å². The van der Waals surface area contributed by atoms with Gasteiger partial charge in [0.1, 0.15) is 0 Å². The van der Waals surface area contributed by atoms with Crippen molar-refractivity contribution in [2.24, 2.45) is 5.92 Å². The number of fused-ring (bicyclic) bond motifs is 3. The van der Waals surface area contributed by atoms with E-state index >= 15 is 0 Å². The van der Waals surface area contributed by atoms with E-state index < -0.39 is 10.0 Å². The van der Waals surface area contributed by atoms with Crippen molar-refractivity contribution in [1.29, 1.82) is 0 Å². The van der Waals surface area contributed by atoms with Gasteiger partial charge in [-0.15, -0.1) is 0 Å². The van der Waals surface area contributed by atoms with Gasteiger partial charge in [0.15, 0.2) is 0 Å². The van der Waals surface area contributed by atoms with E-state index in [-0.39, 0.29) is 16.9 Å². The molecule has 3 aromatic carbocycles. The average molecular weight is 560 g/mol. The van der Waals surface area contributed by atoms with Gasteiger partial charge in [0, 0.05) is 26.2 Å². The maximum absolute atomic E-state index is 13.0. The monoisotopic (exact) mass is 558 g/mol. The van der Waals surface area contributed by atoms with Gasteiger partial charge in [0.2, 0.25) is 0 Å². The molecule has 0 unspecified atom stereocenters. The molecule has 0 aromatic heterocycles. The third-order valence-corrected chi connectivity index (χ3v) is 8.29. The molecule has 0 saturated heterocycles. The summed E-state index contributed by atoms with van der Waals surface area (Å²) in [5.74, 6) is 0.527. The van der Waals surface area contributed by atoms with Crippen molar-refractivity contribution in [3.63, 3.8) is 0 Å². The average Bonchev–Trinajstić information content (AvgIpc) is 3.23. The van der Waals surface area contributed by atoms with Crippen molar-refractivity contribution >= 4 is 53.3 Å². The molecule has 2 N–H and O–H groups in total. The topological polar surface area (TPSA) is 58.2 Å². The fourth-order valence-corrected chi connectivity index (χ4v) is 6.44. The van der Waals surface area contributed by atoms with Gasteiger partial charge < -0.3 is 5.32 Å². The lowest BCUT2D eigenvalue weighted by Crippen LogP contribution is -2.29. The zero-order valence-electron chi connectivity index (χ0n) is 16.4. The number of allylic oxidation sites excluding steroid dienone is 2. The third-order valence-electron chi connectivity index (χ3n) is 5.93. The first-order valence-electron chi connectivity index (χ1n) is 10.0. The first-order chi connectivity index (χ1) is 14.9. The fraction of sp³-hybridized carbons (Fsp3) is 0.167. The third kappa shape index (κ3) is 4.06. The molecule has 3 atom stereocenters. The second kappa shape index (κ2) is 8.11. The highest BCUT2D eigenvalue weighted by Crippen LogP contribution is 2.50. The van der Waals surface area contributed by atoms with Crippen LogP contribution in [0.5, 0.6) is 0 Å². The van der Waals surface area contributed by atoms with Gasteiger partial charge in [-0.3, -0.25) is 4.72 Å². The van der Waals surface area contributed by atoms with E-state index in [9.17, 15) is 8.42 Å². The summed E-state index contributed by atoms with van der Waals surface area (Å²) in [4.78, 5) is 0.271. The van der Waals surface area contributed by atoms with Crippen LogP contribution in [0.4, 0.5) is 11.4 Å². The minimum atomic E-state index is -3.69. The molecule has 0 radical (unpaired) electrons. The van der Waals surface area contributed by atoms with Crippen molar-refractivity contribution in [1.82, 2.24) is 0 Å². The molecule has 0 bridgehead atoms. The van der Waals surface area contributed by atoms with E-state index in [1.807, 2.05) is 24.3 Å². The standard InChI is InChI=1S/C24H20Br2N2O2S/c25-16-5-1-4-15(12-16)24-21-9-3-8-20(21)22-14-19(10-11-23(22)27-24)31(29,30)28-18-7-2-6-17(26)13-18/h1-8,10-14,20-21,24,27-28H,9H2/t20-,21+,24+/m0/s1. The predicted molar refractivity (Wildman–Crippen MR) is 132 cm³/mol. The molecule has 158 valence electrons. The number of benzene rings is 3. The lowest BCUT2D eigenvalue weighted by molar-refractivity contribution is 0.425. The predicted octanol–water partition coefficient (Wildman–Crippen LogP) is 6.84. The summed E-state index contributed by atoms with van der Waals surface area (Å²) in [6.07, 6.45) is 5.38. The molecular formula is C24H20Br2N2O2S. The molecule has 3 aromatic rings. The molecule has 2 aliphatic rings. The Labute approximate surface area is 199 Å². The number of nitrogens with one attached hydrogen (secondary N) is 2. The normalized spacial score (nSPS) is 21.8. The molecule has 1 aliphatic carbocycles. The zero-order chi connectivity index (χ0) is 21.6. The fourth-order valence-electron chi connectivity index (χ4n) is 4.54. The molecule has 1 aliphatic heterocycles. The van der Waals surface area contributed by atoms with Gasteiger partial charge in [0.05, 0.1) is 10.9 Å². The van der Waals surface area contributed by atoms with Gasteiger partial charge in [0.25, 0.3) is 10.0 Å². The Balaban J connectivity index is 1.50. The SMILES string of the molecule is O=S(=O)(Nc1cccc(Br)c1)c1ccc2c(c1)[C@H]1C=CC[C@H]1[C@@H](c1cccc(Br)c1)N2. The second-order valence-electron chi connectivity index (χ2n) is 7.90. The van der Waals surface area contributed by atoms with Crippen LogP contribution in [0.15, 0.2) is 92.7 Å². The summed E-state index contributed by atoms with van der Waals surface area (Å²) in [7, 11) is -3.69. The number of halogens is 2. The summed E-state index contributed by atoms with van der Waals surface area (Å²) in [6.45, 7) is 0. The van der Waals surface area contributed by atoms with Crippen LogP contribution in [0.3, 0.4) is 0 Å². The molecule has 0 amide bonds. The Bertz CT molecular complexity index is 1290. The summed E-state index contributed by atoms with van der Waals surface area (Å²) in [5.41, 5.74) is 3.77. The lowest BCUT2D eigenvalue weighted by atomic mass is 9.77. The maximum Gasteiger partial charge on any atom is 0.261 e. The summed E-state index contributed by atoms with van der Waals surface area (Å²) in [5, 5.41) is 3.67. The van der Waals surface area contributed by atoms with Crippen LogP contribution < -0.4 is 10.0 Å². The highest BCUT2D eigenvalue weighted by Gasteiger charge is 2.38. The van der Waals surface area contributed by atoms with Gasteiger partial charge in [-0.1, -0.05) is 62.2 Å².